The molecule has 0 heterocycles. The van der Waals surface area contributed by atoms with E-state index in [1.54, 1.807) is 37.3 Å². The molecule has 10 nitrogen and oxygen atoms in total. The molecule has 0 saturated heterocycles. The Bertz CT molecular complexity index is 1030. The fourth-order valence-electron chi connectivity index (χ4n) is 2.82. The van der Waals surface area contributed by atoms with Gasteiger partial charge in [0, 0.05) is 6.54 Å². The van der Waals surface area contributed by atoms with Gasteiger partial charge in [-0.3, -0.25) is 14.3 Å². The average molecular weight is 492 g/mol. The highest BCUT2D eigenvalue weighted by molar-refractivity contribution is 7.83. The first-order chi connectivity index (χ1) is 16.3. The maximum Gasteiger partial charge on any atom is 0.338 e. The van der Waals surface area contributed by atoms with E-state index in [4.69, 9.17) is 20.3 Å². The highest BCUT2D eigenvalue weighted by atomic mass is 32.2. The second kappa shape index (κ2) is 13.3. The van der Waals surface area contributed by atoms with Crippen molar-refractivity contribution in [2.24, 2.45) is 5.73 Å². The number of amides is 1. The molecular formula is C23H29N3O7S. The first-order valence-electron chi connectivity index (χ1n) is 10.8. The second-order valence-electron chi connectivity index (χ2n) is 7.21. The molecule has 34 heavy (non-hydrogen) atoms. The number of ether oxygens (including phenoxy) is 2. The Morgan fingerprint density at radius 2 is 1.85 bits per heavy atom. The maximum absolute atomic E-state index is 13.2. The van der Waals surface area contributed by atoms with Crippen molar-refractivity contribution in [3.05, 3.63) is 48.0 Å². The van der Waals surface area contributed by atoms with Gasteiger partial charge in [-0.1, -0.05) is 31.5 Å². The number of nitrogens with one attached hydrogen (secondary N) is 2. The van der Waals surface area contributed by atoms with Crippen molar-refractivity contribution in [3.8, 4) is 11.5 Å². The van der Waals surface area contributed by atoms with Gasteiger partial charge in [-0.15, -0.1) is 0 Å². The van der Waals surface area contributed by atoms with Gasteiger partial charge in [0.15, 0.2) is 16.7 Å². The van der Waals surface area contributed by atoms with E-state index in [0.717, 1.165) is 12.8 Å². The first-order valence-corrected chi connectivity index (χ1v) is 11.9. The van der Waals surface area contributed by atoms with Crippen molar-refractivity contribution < 1.29 is 33.2 Å². The van der Waals surface area contributed by atoms with E-state index in [1.807, 2.05) is 6.92 Å². The van der Waals surface area contributed by atoms with Crippen LogP contribution in [0.25, 0.3) is 0 Å². The van der Waals surface area contributed by atoms with Gasteiger partial charge in [-0.2, -0.15) is 0 Å². The molecule has 0 saturated carbocycles. The highest BCUT2D eigenvalue weighted by Crippen LogP contribution is 2.37. The number of hydrogen-bond donors (Lipinski definition) is 4. The summed E-state index contributed by atoms with van der Waals surface area (Å²) in [6, 6.07) is 10.2. The van der Waals surface area contributed by atoms with Crippen LogP contribution in [-0.2, 0) is 25.3 Å². The Morgan fingerprint density at radius 1 is 1.15 bits per heavy atom. The minimum atomic E-state index is -2.23. The van der Waals surface area contributed by atoms with E-state index in [1.165, 1.54) is 12.1 Å². The topological polar surface area (TPSA) is 157 Å². The summed E-state index contributed by atoms with van der Waals surface area (Å²) in [5.74, 6) is -2.25. The molecule has 5 N–H and O–H groups in total. The van der Waals surface area contributed by atoms with E-state index < -0.39 is 41.3 Å². The number of carboxylic acids is 1. The van der Waals surface area contributed by atoms with E-state index in [0.29, 0.717) is 18.0 Å². The molecule has 0 fully saturated rings. The lowest BCUT2D eigenvalue weighted by molar-refractivity contribution is -0.139. The third kappa shape index (κ3) is 7.85. The molecule has 0 aromatic heterocycles. The minimum Gasteiger partial charge on any atom is -0.481 e. The quantitative estimate of drug-likeness (QED) is 0.244. The van der Waals surface area contributed by atoms with Crippen LogP contribution in [0.3, 0.4) is 0 Å². The standard InChI is InChI=1S/C23H29N3O7S/c1-3-5-11-25-18-12-15(23(30)32-4-2)13-19(21(18)33-16-9-7-6-8-10-16)34(31)26-22(29)17(24)14-20(27)28/h6-10,12-13,17,25H,3-5,11,14,24H2,1-2H3,(H,26,29)(H,27,28)/t17-,34?/m0/s1. The summed E-state index contributed by atoms with van der Waals surface area (Å²) in [4.78, 5) is 35.6. The minimum absolute atomic E-state index is 0.00993. The molecule has 0 radical (unpaired) electrons. The van der Waals surface area contributed by atoms with Crippen LogP contribution in [0.2, 0.25) is 0 Å². The second-order valence-corrected chi connectivity index (χ2v) is 8.39. The summed E-state index contributed by atoms with van der Waals surface area (Å²) in [6.07, 6.45) is 1.10. The van der Waals surface area contributed by atoms with Gasteiger partial charge in [0.25, 0.3) is 0 Å². The Balaban J connectivity index is 2.53. The molecular weight excluding hydrogens is 462 g/mol. The zero-order valence-corrected chi connectivity index (χ0v) is 19.9. The molecule has 2 atom stereocenters. The first kappa shape index (κ1) is 26.8. The summed E-state index contributed by atoms with van der Waals surface area (Å²) in [7, 11) is -2.23. The highest BCUT2D eigenvalue weighted by Gasteiger charge is 2.25. The third-order valence-corrected chi connectivity index (χ3v) is 5.59. The maximum atomic E-state index is 13.2. The molecule has 0 aliphatic heterocycles. The van der Waals surface area contributed by atoms with Gasteiger partial charge in [0.2, 0.25) is 5.91 Å². The number of para-hydroxylation sites is 1. The average Bonchev–Trinajstić information content (AvgIpc) is 2.80. The molecule has 11 heteroatoms. The molecule has 0 aliphatic rings. The van der Waals surface area contributed by atoms with Crippen molar-refractivity contribution in [2.75, 3.05) is 18.5 Å². The summed E-state index contributed by atoms with van der Waals surface area (Å²) >= 11 is 0. The molecule has 184 valence electrons. The van der Waals surface area contributed by atoms with Crippen LogP contribution in [0.1, 0.15) is 43.5 Å². The summed E-state index contributed by atoms with van der Waals surface area (Å²) < 4.78 is 26.5. The number of unbranched alkanes of at least 4 members (excludes halogenated alkanes) is 1. The van der Waals surface area contributed by atoms with E-state index in [2.05, 4.69) is 10.0 Å². The molecule has 0 spiro atoms. The lowest BCUT2D eigenvalue weighted by atomic mass is 10.1. The molecule has 1 amide bonds. The Kier molecular flexibility index (Phi) is 10.5. The zero-order chi connectivity index (χ0) is 25.1. The number of carbonyl (C=O) groups excluding carboxylic acids is 2. The van der Waals surface area contributed by atoms with Gasteiger partial charge in [-0.05, 0) is 37.6 Å². The van der Waals surface area contributed by atoms with Gasteiger partial charge < -0.3 is 25.6 Å². The van der Waals surface area contributed by atoms with E-state index in [-0.39, 0.29) is 22.8 Å². The number of carboxylic acid groups (broad SMARTS) is 1. The SMILES string of the molecule is CCCCNc1cc(C(=O)OCC)cc(S(=O)NC(=O)[C@@H](N)CC(=O)O)c1Oc1ccccc1. The van der Waals surface area contributed by atoms with Crippen molar-refractivity contribution in [1.29, 1.82) is 0 Å². The fourth-order valence-corrected chi connectivity index (χ4v) is 3.82. The van der Waals surface area contributed by atoms with Crippen LogP contribution in [-0.4, -0.2) is 46.4 Å². The van der Waals surface area contributed by atoms with Crippen LogP contribution >= 0.6 is 0 Å². The number of anilines is 1. The van der Waals surface area contributed by atoms with Gasteiger partial charge >= 0.3 is 11.9 Å². The fraction of sp³-hybridized carbons (Fsp3) is 0.348. The Hall–Kier alpha value is -3.44. The molecule has 2 rings (SSSR count). The molecule has 0 aliphatic carbocycles. The van der Waals surface area contributed by atoms with Crippen LogP contribution in [0.5, 0.6) is 11.5 Å². The molecule has 0 bridgehead atoms. The molecule has 2 aromatic rings. The number of nitrogens with two attached hydrogens (primary N) is 1. The van der Waals surface area contributed by atoms with Crippen LogP contribution < -0.4 is 20.5 Å². The number of esters is 1. The summed E-state index contributed by atoms with van der Waals surface area (Å²) in [5.41, 5.74) is 6.08. The lowest BCUT2D eigenvalue weighted by Gasteiger charge is -2.19. The monoisotopic (exact) mass is 491 g/mol. The van der Waals surface area contributed by atoms with Crippen molar-refractivity contribution in [3.63, 3.8) is 0 Å². The smallest absolute Gasteiger partial charge is 0.338 e. The van der Waals surface area contributed by atoms with Gasteiger partial charge in [0.05, 0.1) is 30.3 Å². The normalized spacial score (nSPS) is 12.3. The zero-order valence-electron chi connectivity index (χ0n) is 19.0. The van der Waals surface area contributed by atoms with E-state index in [9.17, 15) is 18.6 Å². The number of aliphatic carboxylic acids is 1. The Labute approximate surface area is 200 Å². The number of hydrogen-bond acceptors (Lipinski definition) is 8. The van der Waals surface area contributed by atoms with Crippen LogP contribution in [0.15, 0.2) is 47.4 Å². The van der Waals surface area contributed by atoms with Crippen LogP contribution in [0, 0.1) is 0 Å². The number of carbonyl (C=O) groups is 3. The molecule has 2 aromatic carbocycles. The predicted octanol–water partition coefficient (Wildman–Crippen LogP) is 2.81. The third-order valence-electron chi connectivity index (χ3n) is 4.50. The number of rotatable bonds is 13. The van der Waals surface area contributed by atoms with Crippen LogP contribution in [0.4, 0.5) is 5.69 Å². The van der Waals surface area contributed by atoms with Crippen molar-refractivity contribution >= 4 is 34.5 Å². The molecule has 1 unspecified atom stereocenters. The van der Waals surface area contributed by atoms with Crippen molar-refractivity contribution in [2.45, 2.75) is 44.0 Å². The van der Waals surface area contributed by atoms with Gasteiger partial charge in [-0.25, -0.2) is 9.00 Å². The summed E-state index contributed by atoms with van der Waals surface area (Å²) in [5, 5.41) is 12.1. The van der Waals surface area contributed by atoms with Gasteiger partial charge in [0.1, 0.15) is 10.6 Å². The largest absolute Gasteiger partial charge is 0.481 e. The number of benzene rings is 2. The summed E-state index contributed by atoms with van der Waals surface area (Å²) in [6.45, 7) is 4.37. The predicted molar refractivity (Wildman–Crippen MR) is 127 cm³/mol. The Morgan fingerprint density at radius 3 is 2.47 bits per heavy atom. The lowest BCUT2D eigenvalue weighted by Crippen LogP contribution is -2.42. The van der Waals surface area contributed by atoms with E-state index >= 15 is 0 Å². The van der Waals surface area contributed by atoms with Crippen molar-refractivity contribution in [1.82, 2.24) is 4.72 Å².